The van der Waals surface area contributed by atoms with Crippen molar-refractivity contribution in [3.8, 4) is 17.1 Å². The first-order chi connectivity index (χ1) is 16.6. The zero-order chi connectivity index (χ0) is 24.4. The Labute approximate surface area is 205 Å². The van der Waals surface area contributed by atoms with E-state index in [1.807, 2.05) is 12.1 Å². The summed E-state index contributed by atoms with van der Waals surface area (Å²) in [4.78, 5) is 8.70. The lowest BCUT2D eigenvalue weighted by molar-refractivity contribution is 0.146. The molecule has 2 rings (SSSR count). The third-order valence-electron chi connectivity index (χ3n) is 6.22. The molecule has 0 aliphatic rings. The zero-order valence-corrected chi connectivity index (χ0v) is 21.3. The van der Waals surface area contributed by atoms with Gasteiger partial charge in [-0.05, 0) is 24.8 Å². The van der Waals surface area contributed by atoms with Crippen molar-refractivity contribution in [3.05, 3.63) is 42.2 Å². The van der Waals surface area contributed by atoms with Crippen LogP contribution in [0, 0.1) is 0 Å². The minimum atomic E-state index is -1.33. The molecule has 0 radical (unpaired) electrons. The molecule has 0 bridgehead atoms. The molecule has 0 N–H and O–H groups in total. The summed E-state index contributed by atoms with van der Waals surface area (Å²) in [6.45, 7) is 4.15. The largest absolute Gasteiger partial charge is 0.487 e. The highest BCUT2D eigenvalue weighted by Gasteiger charge is 2.16. The van der Waals surface area contributed by atoms with E-state index in [-0.39, 0.29) is 13.0 Å². The van der Waals surface area contributed by atoms with Gasteiger partial charge in [0, 0.05) is 12.0 Å². The molecule has 34 heavy (non-hydrogen) atoms. The van der Waals surface area contributed by atoms with Gasteiger partial charge < -0.3 is 4.74 Å². The summed E-state index contributed by atoms with van der Waals surface area (Å²) in [5, 5.41) is 0. The van der Waals surface area contributed by atoms with Gasteiger partial charge in [-0.2, -0.15) is 0 Å². The lowest BCUT2D eigenvalue weighted by Gasteiger charge is -2.13. The number of aromatic nitrogens is 2. The molecule has 1 aromatic heterocycles. The molecule has 0 fully saturated rings. The lowest BCUT2D eigenvalue weighted by Crippen LogP contribution is -2.18. The maximum atomic E-state index is 14.0. The van der Waals surface area contributed by atoms with Crippen LogP contribution in [0.25, 0.3) is 11.4 Å². The van der Waals surface area contributed by atoms with Crippen LogP contribution in [-0.4, -0.2) is 28.9 Å². The summed E-state index contributed by atoms with van der Waals surface area (Å²) in [6, 6.07) is 8.39. The Morgan fingerprint density at radius 3 is 1.97 bits per heavy atom. The molecule has 0 saturated heterocycles. The smallest absolute Gasteiger partial charge is 0.159 e. The van der Waals surface area contributed by atoms with Crippen LogP contribution in [0.4, 0.5) is 8.78 Å². The molecule has 2 aromatic rings. The maximum Gasteiger partial charge on any atom is 0.159 e. The molecule has 190 valence electrons. The van der Waals surface area contributed by atoms with E-state index < -0.39 is 12.3 Å². The number of unbranched alkanes of at least 4 members (excludes halogenated alkanes) is 9. The van der Waals surface area contributed by atoms with Crippen LogP contribution < -0.4 is 4.74 Å². The number of ether oxygens (including phenoxy) is 1. The quantitative estimate of drug-likeness (QED) is 0.191. The van der Waals surface area contributed by atoms with Crippen LogP contribution in [0.3, 0.4) is 0 Å². The first-order valence-electron chi connectivity index (χ1n) is 13.4. The molecular formula is C29H44F2N2O. The zero-order valence-electron chi connectivity index (χ0n) is 21.3. The van der Waals surface area contributed by atoms with Crippen LogP contribution in [0.2, 0.25) is 0 Å². The summed E-state index contributed by atoms with van der Waals surface area (Å²) in [5.74, 6) is 1.02. The first kappa shape index (κ1) is 28.2. The van der Waals surface area contributed by atoms with Gasteiger partial charge in [-0.25, -0.2) is 18.7 Å². The first-order valence-corrected chi connectivity index (χ1v) is 13.4. The number of alkyl halides is 2. The number of nitrogens with zero attached hydrogens (tertiary/aromatic N) is 2. The molecule has 5 heteroatoms. The van der Waals surface area contributed by atoms with Gasteiger partial charge >= 0.3 is 0 Å². The summed E-state index contributed by atoms with van der Waals surface area (Å²) in [5.41, 5.74) is 2.28. The number of aryl methyl sites for hydroxylation is 1. The highest BCUT2D eigenvalue weighted by molar-refractivity contribution is 5.55. The predicted octanol–water partition coefficient (Wildman–Crippen LogP) is 8.85. The Balaban J connectivity index is 1.68. The Morgan fingerprint density at radius 1 is 0.735 bits per heavy atom. The monoisotopic (exact) mass is 474 g/mol. The Hall–Kier alpha value is -2.04. The van der Waals surface area contributed by atoms with Crippen molar-refractivity contribution in [2.24, 2.45) is 0 Å². The Kier molecular flexibility index (Phi) is 14.4. The fourth-order valence-corrected chi connectivity index (χ4v) is 4.09. The van der Waals surface area contributed by atoms with Crippen molar-refractivity contribution >= 4 is 0 Å². The van der Waals surface area contributed by atoms with E-state index >= 15 is 0 Å². The topological polar surface area (TPSA) is 35.0 Å². The number of hydrogen-bond acceptors (Lipinski definition) is 3. The number of benzene rings is 1. The molecule has 0 amide bonds. The van der Waals surface area contributed by atoms with Crippen molar-refractivity contribution < 1.29 is 13.5 Å². The number of hydrogen-bond donors (Lipinski definition) is 0. The van der Waals surface area contributed by atoms with Gasteiger partial charge in [0.15, 0.2) is 11.6 Å². The molecule has 0 aliphatic carbocycles. The van der Waals surface area contributed by atoms with E-state index in [0.717, 1.165) is 31.2 Å². The Bertz CT molecular complexity index is 752. The third kappa shape index (κ3) is 11.9. The van der Waals surface area contributed by atoms with E-state index in [1.165, 1.54) is 56.9 Å². The number of rotatable bonds is 19. The van der Waals surface area contributed by atoms with Crippen molar-refractivity contribution in [2.75, 3.05) is 6.61 Å². The summed E-state index contributed by atoms with van der Waals surface area (Å²) in [6.07, 6.45) is 15.5. The second-order valence-corrected chi connectivity index (χ2v) is 9.40. The summed E-state index contributed by atoms with van der Waals surface area (Å²) < 4.78 is 33.3. The SMILES string of the molecule is CCCCCCCCCCc1ccc(-c2ncc(OCC(F)CC(F)CCCCC)cn2)cc1. The van der Waals surface area contributed by atoms with E-state index in [1.54, 1.807) is 12.4 Å². The van der Waals surface area contributed by atoms with Gasteiger partial charge in [-0.3, -0.25) is 0 Å². The standard InChI is InChI=1S/C29H44F2N2O/c1-3-5-7-8-9-10-11-13-14-24-16-18-25(19-17-24)29-32-21-28(22-33-29)34-23-27(31)20-26(30)15-12-6-4-2/h16-19,21-22,26-27H,3-15,20,23H2,1-2H3. The van der Waals surface area contributed by atoms with E-state index in [0.29, 0.717) is 18.0 Å². The molecule has 0 aliphatic heterocycles. The predicted molar refractivity (Wildman–Crippen MR) is 138 cm³/mol. The van der Waals surface area contributed by atoms with Gasteiger partial charge in [0.05, 0.1) is 12.4 Å². The van der Waals surface area contributed by atoms with Crippen molar-refractivity contribution in [3.63, 3.8) is 0 Å². The molecule has 1 aromatic carbocycles. The van der Waals surface area contributed by atoms with Crippen LogP contribution in [-0.2, 0) is 6.42 Å². The van der Waals surface area contributed by atoms with Gasteiger partial charge in [-0.15, -0.1) is 0 Å². The van der Waals surface area contributed by atoms with Crippen molar-refractivity contribution in [2.45, 2.75) is 116 Å². The second kappa shape index (κ2) is 17.4. The van der Waals surface area contributed by atoms with Gasteiger partial charge in [0.1, 0.15) is 19.0 Å². The van der Waals surface area contributed by atoms with Gasteiger partial charge in [0.2, 0.25) is 0 Å². The third-order valence-corrected chi connectivity index (χ3v) is 6.22. The highest BCUT2D eigenvalue weighted by Crippen LogP contribution is 2.20. The van der Waals surface area contributed by atoms with Crippen LogP contribution in [0.1, 0.15) is 103 Å². The van der Waals surface area contributed by atoms with Crippen LogP contribution in [0.5, 0.6) is 5.75 Å². The molecule has 2 unspecified atom stereocenters. The van der Waals surface area contributed by atoms with Crippen molar-refractivity contribution in [1.82, 2.24) is 9.97 Å². The average molecular weight is 475 g/mol. The molecule has 0 saturated carbocycles. The van der Waals surface area contributed by atoms with Crippen LogP contribution >= 0.6 is 0 Å². The molecule has 3 nitrogen and oxygen atoms in total. The summed E-state index contributed by atoms with van der Waals surface area (Å²) in [7, 11) is 0. The van der Waals surface area contributed by atoms with E-state index in [4.69, 9.17) is 4.74 Å². The molecule has 1 heterocycles. The normalized spacial score (nSPS) is 13.1. The Morgan fingerprint density at radius 2 is 1.32 bits per heavy atom. The summed E-state index contributed by atoms with van der Waals surface area (Å²) >= 11 is 0. The minimum Gasteiger partial charge on any atom is -0.487 e. The van der Waals surface area contributed by atoms with E-state index in [2.05, 4.69) is 35.9 Å². The average Bonchev–Trinajstić information content (AvgIpc) is 2.85. The van der Waals surface area contributed by atoms with Crippen molar-refractivity contribution in [1.29, 1.82) is 0 Å². The fraction of sp³-hybridized carbons (Fsp3) is 0.655. The minimum absolute atomic E-state index is 0.117. The van der Waals surface area contributed by atoms with E-state index in [9.17, 15) is 8.78 Å². The fourth-order valence-electron chi connectivity index (χ4n) is 4.09. The van der Waals surface area contributed by atoms with Crippen LogP contribution in [0.15, 0.2) is 36.7 Å². The second-order valence-electron chi connectivity index (χ2n) is 9.40. The van der Waals surface area contributed by atoms with Gasteiger partial charge in [0.25, 0.3) is 0 Å². The maximum absolute atomic E-state index is 14.0. The molecule has 2 atom stereocenters. The molecular weight excluding hydrogens is 430 g/mol. The number of halogens is 2. The molecule has 0 spiro atoms. The lowest BCUT2D eigenvalue weighted by atomic mass is 10.0. The highest BCUT2D eigenvalue weighted by atomic mass is 19.1. The van der Waals surface area contributed by atoms with Gasteiger partial charge in [-0.1, -0.05) is 102 Å².